The van der Waals surface area contributed by atoms with Gasteiger partial charge in [0, 0.05) is 7.11 Å². The lowest BCUT2D eigenvalue weighted by Gasteiger charge is -2.53. The van der Waals surface area contributed by atoms with Crippen LogP contribution in [0.15, 0.2) is 170 Å². The zero-order chi connectivity index (χ0) is 58.7. The smallest absolute Gasteiger partial charge is 0.338 e. The third-order valence-corrected chi connectivity index (χ3v) is 20.0. The first-order valence-corrected chi connectivity index (χ1v) is 29.8. The molecule has 6 aromatic rings. The molecule has 10 atom stereocenters. The molecule has 2 saturated heterocycles. The van der Waals surface area contributed by atoms with Crippen LogP contribution < -0.4 is 0 Å². The number of hydrogen-bond acceptors (Lipinski definition) is 17. The summed E-state index contributed by atoms with van der Waals surface area (Å²) >= 11 is 0. The minimum absolute atomic E-state index is 0.0137. The van der Waals surface area contributed by atoms with Gasteiger partial charge in [-0.2, -0.15) is 0 Å². The number of nitrogens with zero attached hydrogens (tertiary/aromatic N) is 2. The molecule has 0 saturated carbocycles. The molecule has 428 valence electrons. The van der Waals surface area contributed by atoms with E-state index in [1.54, 1.807) is 109 Å². The van der Waals surface area contributed by atoms with Gasteiger partial charge >= 0.3 is 23.9 Å². The molecule has 4 heterocycles. The largest absolute Gasteiger partial charge is 0.459 e. The fraction of sp³-hybridized carbons (Fsp3) is 0.302. The highest BCUT2D eigenvalue weighted by atomic mass is 28.4. The molecule has 2 fully saturated rings. The number of imide groups is 2. The summed E-state index contributed by atoms with van der Waals surface area (Å²) in [6.45, 7) is 8.44. The molecule has 0 aromatic heterocycles. The van der Waals surface area contributed by atoms with Gasteiger partial charge in [0.15, 0.2) is 33.1 Å². The quantitative estimate of drug-likeness (QED) is 0.0362. The van der Waals surface area contributed by atoms with Crippen molar-refractivity contribution < 1.29 is 80.7 Å². The number of rotatable bonds is 17. The zero-order valence-corrected chi connectivity index (χ0v) is 47.2. The molecule has 0 aliphatic carbocycles. The summed E-state index contributed by atoms with van der Waals surface area (Å²) < 4.78 is 59.2. The van der Waals surface area contributed by atoms with Crippen LogP contribution in [0.2, 0.25) is 18.1 Å². The summed E-state index contributed by atoms with van der Waals surface area (Å²) in [6.07, 6.45) is -13.7. The molecule has 10 rings (SSSR count). The van der Waals surface area contributed by atoms with Crippen molar-refractivity contribution in [2.24, 2.45) is 0 Å². The molecule has 4 amide bonds. The van der Waals surface area contributed by atoms with Crippen LogP contribution in [-0.2, 0) is 42.3 Å². The Labute approximate surface area is 479 Å². The van der Waals surface area contributed by atoms with Crippen molar-refractivity contribution in [2.45, 2.75) is 100 Å². The summed E-state index contributed by atoms with van der Waals surface area (Å²) in [5.41, 5.74) is 0.417. The molecule has 0 N–H and O–H groups in total. The molecular formula is C63H60N2O17Si. The molecule has 6 aromatic carbocycles. The minimum atomic E-state index is -3.11. The van der Waals surface area contributed by atoms with Crippen molar-refractivity contribution in [1.29, 1.82) is 0 Å². The van der Waals surface area contributed by atoms with Gasteiger partial charge in [-0.15, -0.1) is 0 Å². The van der Waals surface area contributed by atoms with E-state index in [1.807, 2.05) is 33.9 Å². The third kappa shape index (κ3) is 11.7. The molecular weight excluding hydrogens is 1080 g/mol. The van der Waals surface area contributed by atoms with Crippen LogP contribution in [0.5, 0.6) is 0 Å². The van der Waals surface area contributed by atoms with Crippen LogP contribution in [0.4, 0.5) is 0 Å². The van der Waals surface area contributed by atoms with Gasteiger partial charge in [-0.3, -0.25) is 29.0 Å². The number of fused-ring (bicyclic) bond motifs is 2. The van der Waals surface area contributed by atoms with E-state index in [-0.39, 0.29) is 44.5 Å². The van der Waals surface area contributed by atoms with Crippen LogP contribution in [0.1, 0.15) is 104 Å². The maximum atomic E-state index is 15.2. The van der Waals surface area contributed by atoms with E-state index >= 15 is 9.59 Å². The molecule has 4 aliphatic rings. The second kappa shape index (κ2) is 24.1. The number of methoxy groups -OCH3 is 1. The van der Waals surface area contributed by atoms with Gasteiger partial charge in [-0.1, -0.05) is 118 Å². The van der Waals surface area contributed by atoms with E-state index in [0.29, 0.717) is 0 Å². The van der Waals surface area contributed by atoms with Gasteiger partial charge in [-0.25, -0.2) is 19.2 Å². The Bertz CT molecular complexity index is 3340. The van der Waals surface area contributed by atoms with Crippen molar-refractivity contribution in [3.05, 3.63) is 214 Å². The number of carbonyl (C=O) groups excluding carboxylic acids is 8. The Balaban J connectivity index is 1.17. The number of benzene rings is 6. The number of carbonyl (C=O) groups is 8. The van der Waals surface area contributed by atoms with E-state index in [4.69, 9.17) is 42.3 Å². The van der Waals surface area contributed by atoms with Crippen molar-refractivity contribution in [1.82, 2.24) is 9.80 Å². The van der Waals surface area contributed by atoms with Crippen molar-refractivity contribution >= 4 is 55.8 Å². The fourth-order valence-corrected chi connectivity index (χ4v) is 11.6. The summed E-state index contributed by atoms with van der Waals surface area (Å²) in [7, 11) is -1.87. The molecule has 19 nitrogen and oxygen atoms in total. The number of esters is 4. The molecule has 20 heteroatoms. The van der Waals surface area contributed by atoms with Gasteiger partial charge in [0.2, 0.25) is 0 Å². The van der Waals surface area contributed by atoms with Gasteiger partial charge < -0.3 is 42.3 Å². The number of hydrogen-bond donors (Lipinski definition) is 0. The highest BCUT2D eigenvalue weighted by molar-refractivity contribution is 6.74. The van der Waals surface area contributed by atoms with E-state index in [0.717, 1.165) is 9.80 Å². The molecule has 4 aliphatic heterocycles. The summed E-state index contributed by atoms with van der Waals surface area (Å²) in [5.74, 6) is -6.82. The lowest BCUT2D eigenvalue weighted by molar-refractivity contribution is -0.336. The van der Waals surface area contributed by atoms with Gasteiger partial charge in [0.05, 0.1) is 44.5 Å². The van der Waals surface area contributed by atoms with Crippen molar-refractivity contribution in [3.63, 3.8) is 0 Å². The topological polar surface area (TPSA) is 226 Å². The first-order valence-electron chi connectivity index (χ1n) is 26.9. The predicted octanol–water partition coefficient (Wildman–Crippen LogP) is 8.35. The Morgan fingerprint density at radius 3 is 1.12 bits per heavy atom. The van der Waals surface area contributed by atoms with Gasteiger partial charge in [0.25, 0.3) is 23.6 Å². The van der Waals surface area contributed by atoms with Crippen molar-refractivity contribution in [3.8, 4) is 0 Å². The molecule has 0 spiro atoms. The first kappa shape index (κ1) is 57.7. The van der Waals surface area contributed by atoms with Crippen LogP contribution in [0, 0.1) is 0 Å². The zero-order valence-electron chi connectivity index (χ0n) is 46.2. The summed E-state index contributed by atoms with van der Waals surface area (Å²) in [4.78, 5) is 119. The fourth-order valence-electron chi connectivity index (χ4n) is 10.3. The molecule has 0 bridgehead atoms. The van der Waals surface area contributed by atoms with Crippen LogP contribution in [0.25, 0.3) is 0 Å². The Kier molecular flexibility index (Phi) is 16.8. The van der Waals surface area contributed by atoms with Crippen LogP contribution in [-0.4, -0.2) is 147 Å². The Morgan fingerprint density at radius 2 is 0.759 bits per heavy atom. The second-order valence-corrected chi connectivity index (χ2v) is 26.5. The first-order chi connectivity index (χ1) is 39.9. The third-order valence-electron chi connectivity index (χ3n) is 15.5. The minimum Gasteiger partial charge on any atom is -0.459 e. The lowest BCUT2D eigenvalue weighted by atomic mass is 9.92. The number of ether oxygens (including phenoxy) is 8. The van der Waals surface area contributed by atoms with Crippen LogP contribution >= 0.6 is 0 Å². The SMILES string of the molecule is CO[C@H]1OC(COC(=O)c2ccccc2)[C@@H](OC2OC(COC(=O)c3ccccc3)C(O[Si](C)(C)C(C)(C)C)[C@H](OC(=O)c3ccccc3)[C@H]2N2C(=O)c3ccccc3C2=O)C(OC(=O)c2ccccc2)[C@@H]1N1C(=O)c2ccccc2C1=O. The van der Waals surface area contributed by atoms with E-state index in [2.05, 4.69) is 0 Å². The Morgan fingerprint density at radius 1 is 0.446 bits per heavy atom. The summed E-state index contributed by atoms with van der Waals surface area (Å²) in [5, 5.41) is -0.554. The van der Waals surface area contributed by atoms with Gasteiger partial charge in [-0.05, 0) is 90.9 Å². The molecule has 0 radical (unpaired) electrons. The monoisotopic (exact) mass is 1140 g/mol. The molecule has 83 heavy (non-hydrogen) atoms. The highest BCUT2D eigenvalue weighted by Gasteiger charge is 2.62. The highest BCUT2D eigenvalue weighted by Crippen LogP contribution is 2.44. The normalized spacial score (nSPS) is 24.2. The average Bonchev–Trinajstić information content (AvgIpc) is 2.60. The average molecular weight is 1150 g/mol. The number of amides is 4. The standard InChI is InChI=1S/C63H60N2O17Si/c1-63(2,3)83(5,6)82-50-46(36-76-58(71)38-25-13-8-14-26-38)78-62(48(52(50)80-60(73)40-29-17-10-18-30-40)65-55(68)43-33-21-22-34-44(43)56(65)69)81-49-45(35-75-57(70)37-23-11-7-12-24-37)77-61(74-4)47(51(49)79-59(72)39-27-15-9-16-28-39)64-53(66)41-31-19-20-32-42(41)54(64)67/h7-34,45-52,61-62H,35-36H2,1-6H3/t45?,46?,47-,48+,49+,50?,51?,52+,61-,62?/m0/s1. The lowest BCUT2D eigenvalue weighted by Crippen LogP contribution is -2.72. The van der Waals surface area contributed by atoms with E-state index in [9.17, 15) is 28.8 Å². The summed E-state index contributed by atoms with van der Waals surface area (Å²) in [6, 6.07) is 40.4. The molecule has 5 unspecified atom stereocenters. The van der Waals surface area contributed by atoms with Gasteiger partial charge in [0.1, 0.15) is 49.7 Å². The van der Waals surface area contributed by atoms with E-state index < -0.39 is 135 Å². The maximum Gasteiger partial charge on any atom is 0.338 e. The van der Waals surface area contributed by atoms with Crippen LogP contribution in [0.3, 0.4) is 0 Å². The Hall–Kier alpha value is -8.50. The predicted molar refractivity (Wildman–Crippen MR) is 297 cm³/mol. The van der Waals surface area contributed by atoms with Crippen molar-refractivity contribution in [2.75, 3.05) is 20.3 Å². The maximum absolute atomic E-state index is 15.2. The van der Waals surface area contributed by atoms with E-state index in [1.165, 1.54) is 67.8 Å². The second-order valence-electron chi connectivity index (χ2n) is 21.7.